The molecule has 2 fully saturated rings. The normalized spacial score (nSPS) is 24.6. The van der Waals surface area contributed by atoms with E-state index in [1.54, 1.807) is 48.5 Å². The quantitative estimate of drug-likeness (QED) is 0.303. The minimum atomic E-state index is -1.30. The lowest BCUT2D eigenvalue weighted by Gasteiger charge is -2.47. The zero-order valence-corrected chi connectivity index (χ0v) is 23.3. The average molecular weight is 580 g/mol. The minimum Gasteiger partial charge on any atom is -0.325 e. The van der Waals surface area contributed by atoms with Crippen molar-refractivity contribution in [3.8, 4) is 0 Å². The van der Waals surface area contributed by atoms with Crippen LogP contribution in [0.25, 0.3) is 0 Å². The average Bonchev–Trinajstić information content (AvgIpc) is 3.38. The Labute approximate surface area is 241 Å². The number of amides is 2. The second kappa shape index (κ2) is 9.98. The molecule has 1 saturated carbocycles. The van der Waals surface area contributed by atoms with Gasteiger partial charge in [0, 0.05) is 33.4 Å². The molecule has 0 bridgehead atoms. The summed E-state index contributed by atoms with van der Waals surface area (Å²) in [5.41, 5.74) is 0.209. The number of rotatable bonds is 4. The van der Waals surface area contributed by atoms with Crippen LogP contribution >= 0.6 is 23.2 Å². The number of benzene rings is 3. The van der Waals surface area contributed by atoms with Crippen LogP contribution in [0.15, 0.2) is 60.7 Å². The minimum absolute atomic E-state index is 0.0831. The van der Waals surface area contributed by atoms with E-state index in [2.05, 4.69) is 16.0 Å². The van der Waals surface area contributed by atoms with Crippen molar-refractivity contribution in [2.45, 2.75) is 61.9 Å². The first kappa shape index (κ1) is 26.9. The highest BCUT2D eigenvalue weighted by Crippen LogP contribution is 2.62. The van der Waals surface area contributed by atoms with Gasteiger partial charge in [-0.1, -0.05) is 72.8 Å². The Balaban J connectivity index is 1.56. The van der Waals surface area contributed by atoms with E-state index in [1.165, 1.54) is 13.0 Å². The Morgan fingerprint density at radius 1 is 1.00 bits per heavy atom. The van der Waals surface area contributed by atoms with E-state index in [9.17, 15) is 14.4 Å². The van der Waals surface area contributed by atoms with Crippen LogP contribution in [0.2, 0.25) is 10.0 Å². The number of hydrogen-bond acceptors (Lipinski definition) is 4. The van der Waals surface area contributed by atoms with E-state index >= 15 is 4.39 Å². The lowest BCUT2D eigenvalue weighted by atomic mass is 9.55. The molecular formula is C31H28Cl2FN3O3. The lowest BCUT2D eigenvalue weighted by Crippen LogP contribution is -2.60. The van der Waals surface area contributed by atoms with Gasteiger partial charge in [-0.2, -0.15) is 0 Å². The molecule has 3 aliphatic rings. The first-order valence-electron chi connectivity index (χ1n) is 13.4. The predicted octanol–water partition coefficient (Wildman–Crippen LogP) is 6.62. The Morgan fingerprint density at radius 2 is 1.75 bits per heavy atom. The molecule has 3 aromatic rings. The molecule has 2 amide bonds. The van der Waals surface area contributed by atoms with Gasteiger partial charge in [0.15, 0.2) is 5.78 Å². The van der Waals surface area contributed by atoms with Crippen molar-refractivity contribution in [1.29, 1.82) is 0 Å². The first-order chi connectivity index (χ1) is 19.2. The molecule has 0 radical (unpaired) electrons. The fourth-order valence-electron chi connectivity index (χ4n) is 7.25. The summed E-state index contributed by atoms with van der Waals surface area (Å²) >= 11 is 12.6. The molecule has 0 unspecified atom stereocenters. The van der Waals surface area contributed by atoms with Crippen molar-refractivity contribution in [2.24, 2.45) is 0 Å². The number of hydrogen-bond donors (Lipinski definition) is 3. The molecule has 1 saturated heterocycles. The zero-order chi connectivity index (χ0) is 28.2. The van der Waals surface area contributed by atoms with E-state index in [0.29, 0.717) is 40.4 Å². The van der Waals surface area contributed by atoms with Gasteiger partial charge in [-0.3, -0.25) is 19.7 Å². The third kappa shape index (κ3) is 3.98. The fraction of sp³-hybridized carbons (Fsp3) is 0.323. The second-order valence-electron chi connectivity index (χ2n) is 11.0. The van der Waals surface area contributed by atoms with Crippen LogP contribution in [0.3, 0.4) is 0 Å². The standard InChI is InChI=1S/C31H28Cl2FN3O3/c1-17(38)18-7-5-8-20(15-18)35-28(39)27-25(21-9-6-10-23(33)26(21)34)31(30(37-27)13-3-2-4-14-30)22-12-11-19(32)16-24(22)36-29(31)40/h5-12,15-16,25,27,37H,2-4,13-14H2,1H3,(H,35,39)(H,36,40)/t25-,27+,31+/m0/s1. The number of ketones is 1. The monoisotopic (exact) mass is 579 g/mol. The third-order valence-electron chi connectivity index (χ3n) is 8.84. The van der Waals surface area contributed by atoms with Gasteiger partial charge in [-0.15, -0.1) is 0 Å². The summed E-state index contributed by atoms with van der Waals surface area (Å²) in [5, 5.41) is 9.92. The summed E-state index contributed by atoms with van der Waals surface area (Å²) in [7, 11) is 0. The Bertz CT molecular complexity index is 1550. The molecule has 2 aliphatic heterocycles. The third-order valence-corrected chi connectivity index (χ3v) is 9.37. The highest BCUT2D eigenvalue weighted by atomic mass is 35.5. The largest absolute Gasteiger partial charge is 0.325 e. The molecule has 9 heteroatoms. The number of anilines is 2. The molecule has 1 aliphatic carbocycles. The molecule has 206 valence electrons. The molecule has 3 N–H and O–H groups in total. The van der Waals surface area contributed by atoms with E-state index < -0.39 is 34.6 Å². The SMILES string of the molecule is CC(=O)c1cccc(NC(=O)[C@@H]2NC3(CCCCC3)[C@@]3(C(=O)Nc4cc(Cl)ccc43)[C@H]2c2cccc(Cl)c2F)c1. The molecule has 6 rings (SSSR count). The van der Waals surface area contributed by atoms with Crippen molar-refractivity contribution in [3.05, 3.63) is 93.2 Å². The second-order valence-corrected chi connectivity index (χ2v) is 11.8. The van der Waals surface area contributed by atoms with Gasteiger partial charge >= 0.3 is 0 Å². The summed E-state index contributed by atoms with van der Waals surface area (Å²) < 4.78 is 15.9. The molecule has 3 aromatic carbocycles. The van der Waals surface area contributed by atoms with E-state index in [1.807, 2.05) is 6.07 Å². The van der Waals surface area contributed by atoms with Gasteiger partial charge in [-0.05, 0) is 61.2 Å². The summed E-state index contributed by atoms with van der Waals surface area (Å²) in [6.07, 6.45) is 3.96. The van der Waals surface area contributed by atoms with Gasteiger partial charge in [-0.25, -0.2) is 4.39 Å². The van der Waals surface area contributed by atoms with Crippen LogP contribution in [0.1, 0.15) is 66.4 Å². The predicted molar refractivity (Wildman–Crippen MR) is 154 cm³/mol. The number of Topliss-reactive ketones (excluding diaryl/α,β-unsaturated/α-hetero) is 1. The molecule has 40 heavy (non-hydrogen) atoms. The van der Waals surface area contributed by atoms with E-state index in [0.717, 1.165) is 19.3 Å². The molecule has 6 nitrogen and oxygen atoms in total. The maximum atomic E-state index is 15.9. The number of carbonyl (C=O) groups is 3. The maximum absolute atomic E-state index is 15.9. The van der Waals surface area contributed by atoms with Gasteiger partial charge in [0.2, 0.25) is 11.8 Å². The smallest absolute Gasteiger partial charge is 0.242 e. The van der Waals surface area contributed by atoms with Crippen LogP contribution in [0, 0.1) is 5.82 Å². The molecule has 2 spiro atoms. The number of fused-ring (bicyclic) bond motifs is 3. The van der Waals surface area contributed by atoms with Crippen LogP contribution in [-0.4, -0.2) is 29.2 Å². The van der Waals surface area contributed by atoms with Gasteiger partial charge in [0.25, 0.3) is 0 Å². The van der Waals surface area contributed by atoms with Crippen LogP contribution in [0.4, 0.5) is 15.8 Å². The number of halogens is 3. The Morgan fingerprint density at radius 3 is 2.50 bits per heavy atom. The first-order valence-corrected chi connectivity index (χ1v) is 14.2. The van der Waals surface area contributed by atoms with E-state index in [4.69, 9.17) is 23.2 Å². The van der Waals surface area contributed by atoms with Gasteiger partial charge < -0.3 is 10.6 Å². The molecule has 3 atom stereocenters. The summed E-state index contributed by atoms with van der Waals surface area (Å²) in [5.74, 6) is -2.44. The van der Waals surface area contributed by atoms with Crippen LogP contribution in [-0.2, 0) is 15.0 Å². The van der Waals surface area contributed by atoms with Gasteiger partial charge in [0.1, 0.15) is 11.2 Å². The molecular weight excluding hydrogens is 552 g/mol. The van der Waals surface area contributed by atoms with Crippen LogP contribution < -0.4 is 16.0 Å². The topological polar surface area (TPSA) is 87.3 Å². The van der Waals surface area contributed by atoms with Crippen molar-refractivity contribution in [2.75, 3.05) is 10.6 Å². The number of carbonyl (C=O) groups excluding carboxylic acids is 3. The van der Waals surface area contributed by atoms with Crippen molar-refractivity contribution >= 4 is 52.2 Å². The van der Waals surface area contributed by atoms with Crippen molar-refractivity contribution in [3.63, 3.8) is 0 Å². The van der Waals surface area contributed by atoms with Crippen molar-refractivity contribution in [1.82, 2.24) is 5.32 Å². The highest BCUT2D eigenvalue weighted by molar-refractivity contribution is 6.31. The summed E-state index contributed by atoms with van der Waals surface area (Å²) in [4.78, 5) is 40.5. The number of nitrogens with one attached hydrogen (secondary N) is 3. The zero-order valence-electron chi connectivity index (χ0n) is 21.8. The Kier molecular flexibility index (Phi) is 6.72. The maximum Gasteiger partial charge on any atom is 0.242 e. The lowest BCUT2D eigenvalue weighted by molar-refractivity contribution is -0.124. The summed E-state index contributed by atoms with van der Waals surface area (Å²) in [6, 6.07) is 15.6. The van der Waals surface area contributed by atoms with Gasteiger partial charge in [0.05, 0.1) is 11.1 Å². The van der Waals surface area contributed by atoms with Crippen molar-refractivity contribution < 1.29 is 18.8 Å². The van der Waals surface area contributed by atoms with Crippen LogP contribution in [0.5, 0.6) is 0 Å². The molecule has 0 aromatic heterocycles. The van der Waals surface area contributed by atoms with E-state index in [-0.39, 0.29) is 22.3 Å². The summed E-state index contributed by atoms with van der Waals surface area (Å²) in [6.45, 7) is 1.45. The molecule has 2 heterocycles. The highest BCUT2D eigenvalue weighted by Gasteiger charge is 2.72. The fourth-order valence-corrected chi connectivity index (χ4v) is 7.61. The Hall–Kier alpha value is -3.26.